The molecular formula is C16H26N2O2. The molecule has 0 saturated heterocycles. The maximum absolute atomic E-state index is 11.4. The molecule has 0 amide bonds. The summed E-state index contributed by atoms with van der Waals surface area (Å²) in [5, 5.41) is 12.4. The Bertz CT molecular complexity index is 399. The molecule has 1 atom stereocenters. The average Bonchev–Trinajstić information content (AvgIpc) is 2.45. The minimum atomic E-state index is -0.823. The van der Waals surface area contributed by atoms with Crippen molar-refractivity contribution in [3.8, 4) is 0 Å². The number of hydrogen-bond acceptors (Lipinski definition) is 3. The van der Waals surface area contributed by atoms with E-state index in [0.29, 0.717) is 0 Å². The Hall–Kier alpha value is -1.55. The molecule has 0 radical (unpaired) electrons. The molecule has 0 aromatic heterocycles. The first-order valence-electron chi connectivity index (χ1n) is 7.45. The van der Waals surface area contributed by atoms with E-state index in [9.17, 15) is 9.90 Å². The molecule has 1 unspecified atom stereocenters. The van der Waals surface area contributed by atoms with Crippen molar-refractivity contribution < 1.29 is 9.90 Å². The minimum Gasteiger partial charge on any atom is -0.480 e. The van der Waals surface area contributed by atoms with E-state index >= 15 is 0 Å². The Labute approximate surface area is 121 Å². The van der Waals surface area contributed by atoms with Crippen molar-refractivity contribution in [3.05, 3.63) is 29.8 Å². The lowest BCUT2D eigenvalue weighted by Gasteiger charge is -2.22. The van der Waals surface area contributed by atoms with Gasteiger partial charge in [-0.15, -0.1) is 0 Å². The van der Waals surface area contributed by atoms with Crippen molar-refractivity contribution in [2.45, 2.75) is 39.7 Å². The molecule has 0 aliphatic carbocycles. The number of nitrogens with one attached hydrogen (secondary N) is 1. The van der Waals surface area contributed by atoms with Gasteiger partial charge in [0.15, 0.2) is 0 Å². The molecule has 0 bridgehead atoms. The number of carbonyl (C=O) groups is 1. The highest BCUT2D eigenvalue weighted by atomic mass is 16.4. The van der Waals surface area contributed by atoms with Crippen molar-refractivity contribution in [3.63, 3.8) is 0 Å². The normalized spacial score (nSPS) is 12.2. The van der Waals surface area contributed by atoms with Gasteiger partial charge < -0.3 is 15.3 Å². The van der Waals surface area contributed by atoms with Crippen LogP contribution in [0.5, 0.6) is 0 Å². The molecule has 4 heteroatoms. The molecule has 2 N–H and O–H groups in total. The fraction of sp³-hybridized carbons (Fsp3) is 0.562. The van der Waals surface area contributed by atoms with Crippen molar-refractivity contribution in [1.29, 1.82) is 0 Å². The summed E-state index contributed by atoms with van der Waals surface area (Å²) >= 11 is 0. The zero-order valence-corrected chi connectivity index (χ0v) is 12.7. The molecule has 0 saturated carbocycles. The summed E-state index contributed by atoms with van der Waals surface area (Å²) in [6, 6.07) is 7.20. The van der Waals surface area contributed by atoms with Gasteiger partial charge in [0.1, 0.15) is 6.04 Å². The third kappa shape index (κ3) is 4.53. The number of carboxylic acid groups (broad SMARTS) is 1. The molecule has 0 aliphatic heterocycles. The summed E-state index contributed by atoms with van der Waals surface area (Å²) in [5.41, 5.74) is 1.95. The van der Waals surface area contributed by atoms with Crippen molar-refractivity contribution in [2.75, 3.05) is 24.5 Å². The summed E-state index contributed by atoms with van der Waals surface area (Å²) < 4.78 is 0. The van der Waals surface area contributed by atoms with Gasteiger partial charge in [-0.25, -0.2) is 0 Å². The van der Waals surface area contributed by atoms with E-state index in [1.807, 2.05) is 24.3 Å². The van der Waals surface area contributed by atoms with Gasteiger partial charge in [-0.3, -0.25) is 4.79 Å². The molecule has 0 aliphatic rings. The molecule has 20 heavy (non-hydrogen) atoms. The second kappa shape index (κ2) is 8.59. The number of unbranched alkanes of at least 4 members (excludes halogenated alkanes) is 1. The van der Waals surface area contributed by atoms with Gasteiger partial charge in [-0.05, 0) is 44.5 Å². The molecular weight excluding hydrogens is 252 g/mol. The molecule has 0 heterocycles. The van der Waals surface area contributed by atoms with Crippen LogP contribution in [0.1, 0.15) is 45.2 Å². The quantitative estimate of drug-likeness (QED) is 0.682. The van der Waals surface area contributed by atoms with Gasteiger partial charge in [0, 0.05) is 18.8 Å². The van der Waals surface area contributed by atoms with Crippen LogP contribution in [0, 0.1) is 0 Å². The van der Waals surface area contributed by atoms with E-state index in [2.05, 4.69) is 31.0 Å². The number of rotatable bonds is 9. The van der Waals surface area contributed by atoms with E-state index in [1.165, 1.54) is 0 Å². The predicted molar refractivity (Wildman–Crippen MR) is 83.3 cm³/mol. The van der Waals surface area contributed by atoms with Crippen LogP contribution in [0.2, 0.25) is 0 Å². The minimum absolute atomic E-state index is 0.618. The van der Waals surface area contributed by atoms with E-state index in [4.69, 9.17) is 0 Å². The number of anilines is 1. The zero-order valence-electron chi connectivity index (χ0n) is 12.7. The lowest BCUT2D eigenvalue weighted by atomic mass is 10.1. The standard InChI is InChI=1S/C16H26N2O2/c1-4-7-12-17-15(16(19)20)13-8-10-14(11-9-13)18(5-2)6-3/h8-11,15,17H,4-7,12H2,1-3H3,(H,19,20). The predicted octanol–water partition coefficient (Wildman–Crippen LogP) is 3.05. The molecule has 4 nitrogen and oxygen atoms in total. The Morgan fingerprint density at radius 2 is 1.80 bits per heavy atom. The molecule has 1 rings (SSSR count). The Kier molecular flexibility index (Phi) is 7.09. The third-order valence-electron chi connectivity index (χ3n) is 3.48. The smallest absolute Gasteiger partial charge is 0.325 e. The summed E-state index contributed by atoms with van der Waals surface area (Å²) in [6.45, 7) is 8.95. The van der Waals surface area contributed by atoms with Crippen molar-refractivity contribution >= 4 is 11.7 Å². The van der Waals surface area contributed by atoms with E-state index in [1.54, 1.807) is 0 Å². The van der Waals surface area contributed by atoms with Gasteiger partial charge in [-0.2, -0.15) is 0 Å². The number of nitrogens with zero attached hydrogens (tertiary/aromatic N) is 1. The lowest BCUT2D eigenvalue weighted by Crippen LogP contribution is -2.29. The molecule has 0 spiro atoms. The highest BCUT2D eigenvalue weighted by Crippen LogP contribution is 2.19. The van der Waals surface area contributed by atoms with Gasteiger partial charge in [0.2, 0.25) is 0 Å². The molecule has 0 fully saturated rings. The fourth-order valence-corrected chi connectivity index (χ4v) is 2.24. The SMILES string of the molecule is CCCCNC(C(=O)O)c1ccc(N(CC)CC)cc1. The van der Waals surface area contributed by atoms with Gasteiger partial charge in [0.25, 0.3) is 0 Å². The summed E-state index contributed by atoms with van der Waals surface area (Å²) in [6.07, 6.45) is 2.04. The Morgan fingerprint density at radius 1 is 1.20 bits per heavy atom. The van der Waals surface area contributed by atoms with Crippen LogP contribution in [0.3, 0.4) is 0 Å². The Morgan fingerprint density at radius 3 is 2.25 bits per heavy atom. The zero-order chi connectivity index (χ0) is 15.0. The number of hydrogen-bond donors (Lipinski definition) is 2. The topological polar surface area (TPSA) is 52.6 Å². The van der Waals surface area contributed by atoms with Crippen molar-refractivity contribution in [2.24, 2.45) is 0 Å². The van der Waals surface area contributed by atoms with Crippen LogP contribution in [0.15, 0.2) is 24.3 Å². The van der Waals surface area contributed by atoms with Gasteiger partial charge in [0.05, 0.1) is 0 Å². The summed E-state index contributed by atoms with van der Waals surface area (Å²) in [5.74, 6) is -0.823. The number of benzene rings is 1. The fourth-order valence-electron chi connectivity index (χ4n) is 2.24. The summed E-state index contributed by atoms with van der Waals surface area (Å²) in [4.78, 5) is 13.6. The van der Waals surface area contributed by atoms with E-state index < -0.39 is 12.0 Å². The number of aliphatic carboxylic acids is 1. The van der Waals surface area contributed by atoms with Crippen LogP contribution in [0.4, 0.5) is 5.69 Å². The lowest BCUT2D eigenvalue weighted by molar-refractivity contribution is -0.139. The van der Waals surface area contributed by atoms with Crippen LogP contribution < -0.4 is 10.2 Å². The third-order valence-corrected chi connectivity index (χ3v) is 3.48. The largest absolute Gasteiger partial charge is 0.480 e. The molecule has 1 aromatic rings. The van der Waals surface area contributed by atoms with Crippen LogP contribution in [-0.4, -0.2) is 30.7 Å². The van der Waals surface area contributed by atoms with E-state index in [-0.39, 0.29) is 0 Å². The second-order valence-corrected chi connectivity index (χ2v) is 4.84. The highest BCUT2D eigenvalue weighted by molar-refractivity contribution is 5.75. The van der Waals surface area contributed by atoms with Crippen LogP contribution in [-0.2, 0) is 4.79 Å². The highest BCUT2D eigenvalue weighted by Gasteiger charge is 2.18. The van der Waals surface area contributed by atoms with Crippen LogP contribution >= 0.6 is 0 Å². The molecule has 1 aromatic carbocycles. The van der Waals surface area contributed by atoms with Gasteiger partial charge in [-0.1, -0.05) is 25.5 Å². The molecule has 112 valence electrons. The number of carboxylic acids is 1. The maximum atomic E-state index is 11.4. The first-order valence-corrected chi connectivity index (χ1v) is 7.45. The average molecular weight is 278 g/mol. The second-order valence-electron chi connectivity index (χ2n) is 4.84. The monoisotopic (exact) mass is 278 g/mol. The van der Waals surface area contributed by atoms with Crippen LogP contribution in [0.25, 0.3) is 0 Å². The Balaban J connectivity index is 2.79. The van der Waals surface area contributed by atoms with Gasteiger partial charge >= 0.3 is 5.97 Å². The first-order chi connectivity index (χ1) is 9.63. The summed E-state index contributed by atoms with van der Waals surface area (Å²) in [7, 11) is 0. The van der Waals surface area contributed by atoms with Crippen molar-refractivity contribution in [1.82, 2.24) is 5.32 Å². The first kappa shape index (κ1) is 16.5. The van der Waals surface area contributed by atoms with E-state index in [0.717, 1.165) is 43.7 Å². The maximum Gasteiger partial charge on any atom is 0.325 e.